The van der Waals surface area contributed by atoms with Gasteiger partial charge in [-0.1, -0.05) is 44.2 Å². The lowest BCUT2D eigenvalue weighted by molar-refractivity contribution is 0.0253. The van der Waals surface area contributed by atoms with E-state index in [1.54, 1.807) is 0 Å². The quantitative estimate of drug-likeness (QED) is 0.790. The van der Waals surface area contributed by atoms with Crippen LogP contribution < -0.4 is 5.32 Å². The van der Waals surface area contributed by atoms with E-state index in [1.807, 2.05) is 30.3 Å². The van der Waals surface area contributed by atoms with Crippen LogP contribution in [0.25, 0.3) is 0 Å². The van der Waals surface area contributed by atoms with E-state index < -0.39 is 5.54 Å². The van der Waals surface area contributed by atoms with Crippen LogP contribution in [0.3, 0.4) is 0 Å². The third kappa shape index (κ3) is 5.15. The summed E-state index contributed by atoms with van der Waals surface area (Å²) in [4.78, 5) is 0. The highest BCUT2D eigenvalue weighted by atomic mass is 16.5. The van der Waals surface area contributed by atoms with Crippen molar-refractivity contribution in [2.24, 2.45) is 5.92 Å². The van der Waals surface area contributed by atoms with Crippen LogP contribution in [-0.4, -0.2) is 18.8 Å². The summed E-state index contributed by atoms with van der Waals surface area (Å²) in [5.74, 6) is 0.483. The van der Waals surface area contributed by atoms with Gasteiger partial charge >= 0.3 is 0 Å². The van der Waals surface area contributed by atoms with Gasteiger partial charge in [0, 0.05) is 12.5 Å². The van der Waals surface area contributed by atoms with Crippen LogP contribution in [0.4, 0.5) is 0 Å². The first-order valence-electron chi connectivity index (χ1n) is 7.77. The Morgan fingerprint density at radius 1 is 1.14 bits per heavy atom. The molecular formula is C18H28N2O. The van der Waals surface area contributed by atoms with Gasteiger partial charge in [-0.05, 0) is 32.3 Å². The van der Waals surface area contributed by atoms with Crippen LogP contribution >= 0.6 is 0 Å². The number of hydrogen-bond acceptors (Lipinski definition) is 3. The fourth-order valence-corrected chi connectivity index (χ4v) is 2.26. The van der Waals surface area contributed by atoms with Gasteiger partial charge in [0.2, 0.25) is 0 Å². The largest absolute Gasteiger partial charge is 0.378 e. The predicted molar refractivity (Wildman–Crippen MR) is 86.9 cm³/mol. The Labute approximate surface area is 129 Å². The smallest absolute Gasteiger partial charge is 0.134 e. The van der Waals surface area contributed by atoms with Crippen LogP contribution in [0, 0.1) is 17.2 Å². The van der Waals surface area contributed by atoms with Crippen molar-refractivity contribution in [3.05, 3.63) is 35.9 Å². The molecule has 0 heterocycles. The lowest BCUT2D eigenvalue weighted by Gasteiger charge is -2.31. The summed E-state index contributed by atoms with van der Waals surface area (Å²) in [5, 5.41) is 13.2. The predicted octanol–water partition coefficient (Wildman–Crippen LogP) is 3.85. The summed E-state index contributed by atoms with van der Waals surface area (Å²) < 4.78 is 5.87. The molecule has 1 rings (SSSR count). The molecule has 116 valence electrons. The Balaban J connectivity index is 2.85. The molecule has 1 N–H and O–H groups in total. The van der Waals surface area contributed by atoms with Gasteiger partial charge < -0.3 is 4.74 Å². The molecule has 2 unspecified atom stereocenters. The summed E-state index contributed by atoms with van der Waals surface area (Å²) in [5.41, 5.74) is 0.313. The number of benzene rings is 1. The summed E-state index contributed by atoms with van der Waals surface area (Å²) in [6.07, 6.45) is 0.846. The molecule has 0 aliphatic carbocycles. The molecule has 3 heteroatoms. The van der Waals surface area contributed by atoms with Gasteiger partial charge in [-0.2, -0.15) is 5.26 Å². The highest BCUT2D eigenvalue weighted by Crippen LogP contribution is 2.26. The van der Waals surface area contributed by atoms with Gasteiger partial charge in [-0.3, -0.25) is 5.32 Å². The fraction of sp³-hybridized carbons (Fsp3) is 0.611. The zero-order valence-electron chi connectivity index (χ0n) is 13.9. The highest BCUT2D eigenvalue weighted by molar-refractivity contribution is 5.31. The molecule has 0 amide bonds. The van der Waals surface area contributed by atoms with Crippen molar-refractivity contribution in [2.45, 2.75) is 58.7 Å². The number of hydrogen-bond donors (Lipinski definition) is 1. The van der Waals surface area contributed by atoms with Gasteiger partial charge in [0.05, 0.1) is 18.8 Å². The molecule has 0 spiro atoms. The van der Waals surface area contributed by atoms with E-state index in [1.165, 1.54) is 0 Å². The normalized spacial score (nSPS) is 15.7. The van der Waals surface area contributed by atoms with Gasteiger partial charge in [-0.15, -0.1) is 0 Å². The van der Waals surface area contributed by atoms with Crippen molar-refractivity contribution in [2.75, 3.05) is 6.61 Å². The molecule has 0 bridgehead atoms. The van der Waals surface area contributed by atoms with E-state index in [4.69, 9.17) is 4.74 Å². The van der Waals surface area contributed by atoms with Gasteiger partial charge in [0.15, 0.2) is 0 Å². The first-order chi connectivity index (χ1) is 9.91. The molecule has 0 aromatic heterocycles. The zero-order valence-corrected chi connectivity index (χ0v) is 13.9. The van der Waals surface area contributed by atoms with Gasteiger partial charge in [-0.25, -0.2) is 0 Å². The fourth-order valence-electron chi connectivity index (χ4n) is 2.26. The lowest BCUT2D eigenvalue weighted by atomic mass is 9.87. The second-order valence-electron chi connectivity index (χ2n) is 6.25. The minimum Gasteiger partial charge on any atom is -0.378 e. The van der Waals surface area contributed by atoms with Crippen molar-refractivity contribution < 1.29 is 4.74 Å². The maximum Gasteiger partial charge on any atom is 0.134 e. The maximum atomic E-state index is 9.79. The average Bonchev–Trinajstić information content (AvgIpc) is 2.46. The molecule has 0 saturated carbocycles. The molecule has 0 fully saturated rings. The average molecular weight is 288 g/mol. The lowest BCUT2D eigenvalue weighted by Crippen LogP contribution is -2.46. The van der Waals surface area contributed by atoms with Crippen LogP contribution in [0.2, 0.25) is 0 Å². The Bertz CT molecular complexity index is 450. The Morgan fingerprint density at radius 2 is 1.76 bits per heavy atom. The molecule has 1 aromatic rings. The zero-order chi connectivity index (χ0) is 15.9. The van der Waals surface area contributed by atoms with Crippen molar-refractivity contribution >= 4 is 0 Å². The monoisotopic (exact) mass is 288 g/mol. The highest BCUT2D eigenvalue weighted by Gasteiger charge is 2.32. The third-order valence-electron chi connectivity index (χ3n) is 3.79. The maximum absolute atomic E-state index is 9.79. The van der Waals surface area contributed by atoms with Gasteiger partial charge in [0.1, 0.15) is 5.54 Å². The molecular weight excluding hydrogens is 260 g/mol. The van der Waals surface area contributed by atoms with E-state index in [0.29, 0.717) is 18.9 Å². The summed E-state index contributed by atoms with van der Waals surface area (Å²) in [7, 11) is 0. The molecule has 21 heavy (non-hydrogen) atoms. The third-order valence-corrected chi connectivity index (χ3v) is 3.79. The molecule has 1 aromatic carbocycles. The Morgan fingerprint density at radius 3 is 2.24 bits per heavy atom. The number of nitrogens with zero attached hydrogens (tertiary/aromatic N) is 1. The van der Waals surface area contributed by atoms with Gasteiger partial charge in [0.25, 0.3) is 0 Å². The van der Waals surface area contributed by atoms with E-state index in [-0.39, 0.29) is 12.1 Å². The molecule has 0 aliphatic rings. The molecule has 0 aliphatic heterocycles. The Kier molecular flexibility index (Phi) is 6.87. The van der Waals surface area contributed by atoms with Crippen molar-refractivity contribution in [1.29, 1.82) is 5.26 Å². The van der Waals surface area contributed by atoms with Crippen molar-refractivity contribution in [3.8, 4) is 6.07 Å². The summed E-state index contributed by atoms with van der Waals surface area (Å²) >= 11 is 0. The first kappa shape index (κ1) is 17.7. The summed E-state index contributed by atoms with van der Waals surface area (Å²) in [6, 6.07) is 12.6. The van der Waals surface area contributed by atoms with Crippen LogP contribution in [0.15, 0.2) is 30.3 Å². The molecule has 0 radical (unpaired) electrons. The standard InChI is InChI=1S/C18H28N2O/c1-14(2)16(5)21-12-11-18(13-19,20-15(3)4)17-9-7-6-8-10-17/h6-10,14-16,20H,11-12H2,1-5H3. The number of nitriles is 1. The first-order valence-corrected chi connectivity index (χ1v) is 7.77. The second kappa shape index (κ2) is 8.17. The molecule has 3 nitrogen and oxygen atoms in total. The van der Waals surface area contributed by atoms with Crippen molar-refractivity contribution in [3.63, 3.8) is 0 Å². The second-order valence-corrected chi connectivity index (χ2v) is 6.25. The van der Waals surface area contributed by atoms with Crippen LogP contribution in [0.5, 0.6) is 0 Å². The van der Waals surface area contributed by atoms with Crippen molar-refractivity contribution in [1.82, 2.24) is 5.32 Å². The van der Waals surface area contributed by atoms with E-state index >= 15 is 0 Å². The SMILES string of the molecule is CC(C)NC(C#N)(CCOC(C)C(C)C)c1ccccc1. The minimum absolute atomic E-state index is 0.205. The minimum atomic E-state index is -0.688. The molecule has 0 saturated heterocycles. The number of rotatable bonds is 8. The van der Waals surface area contributed by atoms with Crippen LogP contribution in [-0.2, 0) is 10.3 Å². The Hall–Kier alpha value is -1.37. The number of nitrogens with one attached hydrogen (secondary N) is 1. The number of ether oxygens (including phenoxy) is 1. The van der Waals surface area contributed by atoms with E-state index in [9.17, 15) is 5.26 Å². The summed E-state index contributed by atoms with van der Waals surface area (Å²) in [6.45, 7) is 11.1. The van der Waals surface area contributed by atoms with E-state index in [0.717, 1.165) is 5.56 Å². The van der Waals surface area contributed by atoms with Crippen LogP contribution in [0.1, 0.15) is 46.6 Å². The van der Waals surface area contributed by atoms with E-state index in [2.05, 4.69) is 46.0 Å². The molecule has 2 atom stereocenters. The topological polar surface area (TPSA) is 45.0 Å².